The van der Waals surface area contributed by atoms with E-state index in [1.54, 1.807) is 0 Å². The van der Waals surface area contributed by atoms with Crippen LogP contribution in [0.5, 0.6) is 5.75 Å². The van der Waals surface area contributed by atoms with E-state index in [0.717, 1.165) is 53.6 Å². The smallest absolute Gasteiger partial charge is 0.168 e. The fraction of sp³-hybridized carbons (Fsp3) is 0.471. The zero-order chi connectivity index (χ0) is 30.7. The molecular weight excluding hydrogens is 522 g/mol. The van der Waals surface area contributed by atoms with E-state index in [1.165, 1.54) is 22.1 Å². The molecule has 6 heterocycles. The normalized spacial score (nSPS) is 13.3. The Labute approximate surface area is 250 Å². The maximum Gasteiger partial charge on any atom is 0.168 e. The Bertz CT molecular complexity index is 1630. The average molecular weight is 570 g/mol. The number of nitrogens with one attached hydrogen (secondary N) is 3. The van der Waals surface area contributed by atoms with Gasteiger partial charge in [0.25, 0.3) is 0 Å². The summed E-state index contributed by atoms with van der Waals surface area (Å²) in [6.07, 6.45) is 10.7. The molecule has 8 heteroatoms. The molecule has 1 aliphatic heterocycles. The van der Waals surface area contributed by atoms with Gasteiger partial charge in [-0.15, -0.1) is 0 Å². The van der Waals surface area contributed by atoms with Crippen molar-refractivity contribution >= 4 is 28.0 Å². The van der Waals surface area contributed by atoms with E-state index in [4.69, 9.17) is 4.74 Å². The fourth-order valence-electron chi connectivity index (χ4n) is 4.38. The Morgan fingerprint density at radius 1 is 0.786 bits per heavy atom. The van der Waals surface area contributed by atoms with Gasteiger partial charge in [-0.25, -0.2) is 19.9 Å². The number of aryl methyl sites for hydroxylation is 1. The third kappa shape index (κ3) is 7.46. The molecule has 0 spiro atoms. The van der Waals surface area contributed by atoms with Crippen molar-refractivity contribution in [3.63, 3.8) is 0 Å². The summed E-state index contributed by atoms with van der Waals surface area (Å²) in [5, 5.41) is 4.47. The van der Waals surface area contributed by atoms with Crippen LogP contribution in [-0.2, 0) is 22.7 Å². The summed E-state index contributed by atoms with van der Waals surface area (Å²) < 4.78 is 5.53. The summed E-state index contributed by atoms with van der Waals surface area (Å²) in [4.78, 5) is 23.8. The lowest BCUT2D eigenvalue weighted by molar-refractivity contribution is 0.320. The number of hydrogen-bond acceptors (Lipinski definition) is 6. The molecule has 5 aromatic rings. The Kier molecular flexibility index (Phi) is 8.95. The number of ether oxygens (including phenoxy) is 1. The van der Waals surface area contributed by atoms with Gasteiger partial charge in [0.05, 0.1) is 18.4 Å². The quantitative estimate of drug-likeness (QED) is 0.190. The number of rotatable bonds is 1. The lowest BCUT2D eigenvalue weighted by atomic mass is 9.87. The molecule has 5 aromatic heterocycles. The van der Waals surface area contributed by atoms with E-state index in [2.05, 4.69) is 123 Å². The zero-order valence-electron chi connectivity index (χ0n) is 26.9. The van der Waals surface area contributed by atoms with Crippen LogP contribution >= 0.6 is 0 Å². The van der Waals surface area contributed by atoms with E-state index in [0.29, 0.717) is 0 Å². The summed E-state index contributed by atoms with van der Waals surface area (Å²) in [5.74, 6) is 1.74. The predicted octanol–water partition coefficient (Wildman–Crippen LogP) is 7.86. The van der Waals surface area contributed by atoms with E-state index >= 15 is 0 Å². The van der Waals surface area contributed by atoms with Crippen molar-refractivity contribution in [3.05, 3.63) is 71.6 Å². The minimum absolute atomic E-state index is 0.0679. The molecule has 1 aliphatic rings. The number of hydrogen-bond donors (Lipinski definition) is 3. The topological polar surface area (TPSA) is 104 Å². The maximum atomic E-state index is 5.53. The summed E-state index contributed by atoms with van der Waals surface area (Å²) in [7, 11) is 0. The second-order valence-electron chi connectivity index (χ2n) is 13.9. The van der Waals surface area contributed by atoms with Gasteiger partial charge in [-0.3, -0.25) is 0 Å². The van der Waals surface area contributed by atoms with Crippen molar-refractivity contribution in [2.75, 3.05) is 18.5 Å². The number of nitrogens with zero attached hydrogens (tertiary/aromatic N) is 4. The van der Waals surface area contributed by atoms with Gasteiger partial charge in [-0.1, -0.05) is 69.2 Å². The molecule has 0 radical (unpaired) electrons. The highest BCUT2D eigenvalue weighted by Crippen LogP contribution is 2.31. The van der Waals surface area contributed by atoms with Crippen LogP contribution in [0, 0.1) is 0 Å². The Morgan fingerprint density at radius 3 is 2.12 bits per heavy atom. The summed E-state index contributed by atoms with van der Waals surface area (Å²) >= 11 is 0. The van der Waals surface area contributed by atoms with Crippen molar-refractivity contribution in [3.8, 4) is 5.75 Å². The molecule has 8 nitrogen and oxygen atoms in total. The van der Waals surface area contributed by atoms with Crippen molar-refractivity contribution in [1.82, 2.24) is 29.9 Å². The van der Waals surface area contributed by atoms with Crippen LogP contribution in [0.15, 0.2) is 49.2 Å². The largest absolute Gasteiger partial charge is 0.488 e. The molecular formula is C34H47N7O. The molecule has 0 bridgehead atoms. The molecule has 0 atom stereocenters. The molecule has 3 N–H and O–H groups in total. The maximum absolute atomic E-state index is 5.53. The minimum Gasteiger partial charge on any atom is -0.488 e. The van der Waals surface area contributed by atoms with Crippen LogP contribution in [0.3, 0.4) is 0 Å². The monoisotopic (exact) mass is 569 g/mol. The van der Waals surface area contributed by atoms with Gasteiger partial charge < -0.3 is 20.0 Å². The van der Waals surface area contributed by atoms with Gasteiger partial charge in [-0.05, 0) is 52.1 Å². The third-order valence-electron chi connectivity index (χ3n) is 7.26. The first-order valence-electron chi connectivity index (χ1n) is 14.8. The van der Waals surface area contributed by atoms with E-state index in [1.807, 2.05) is 30.9 Å². The van der Waals surface area contributed by atoms with Gasteiger partial charge >= 0.3 is 0 Å². The van der Waals surface area contributed by atoms with Crippen LogP contribution in [0.4, 0.5) is 5.82 Å². The number of pyridine rings is 2. The first-order chi connectivity index (χ1) is 19.7. The number of aromatic amines is 2. The number of aromatic nitrogens is 6. The molecule has 0 saturated carbocycles. The lowest BCUT2D eigenvalue weighted by Gasteiger charge is -2.23. The standard InChI is InChI=1S/C13H18N2.C11H16N2O.C10H13N3/c1-5-9-7-14-12-11(9)6-10(8-15-12)13(2,3)4;1-11(2,3)8-6-9-10(13-7-8)12-4-5-14-9;1-10(2,3)8-6-12-9-7(13-8)4-5-11-9/h6-8H,5H2,1-4H3,(H,14,15);6-7H,4-5H2,1-3H3,(H,12,13);4-6H,1-3H3,(H,11,12). The molecule has 224 valence electrons. The van der Waals surface area contributed by atoms with Crippen LogP contribution in [-0.4, -0.2) is 43.1 Å². The molecule has 0 saturated heterocycles. The molecule has 0 amide bonds. The third-order valence-corrected chi connectivity index (χ3v) is 7.26. The zero-order valence-corrected chi connectivity index (χ0v) is 26.9. The lowest BCUT2D eigenvalue weighted by Crippen LogP contribution is -2.20. The number of fused-ring (bicyclic) bond motifs is 3. The van der Waals surface area contributed by atoms with Crippen molar-refractivity contribution in [2.45, 2.75) is 91.9 Å². The summed E-state index contributed by atoms with van der Waals surface area (Å²) in [6, 6.07) is 6.28. The predicted molar refractivity (Wildman–Crippen MR) is 174 cm³/mol. The van der Waals surface area contributed by atoms with Crippen molar-refractivity contribution in [1.29, 1.82) is 0 Å². The number of anilines is 1. The SMILES string of the molecule is CC(C)(C)c1cnc2[nH]ccc2n1.CC(C)(C)c1cnc2c(c1)OCCN2.CCc1c[nH]c2ncc(C(C)(C)C)cc12. The van der Waals surface area contributed by atoms with E-state index < -0.39 is 0 Å². The van der Waals surface area contributed by atoms with Gasteiger partial charge in [0.1, 0.15) is 17.8 Å². The van der Waals surface area contributed by atoms with Gasteiger partial charge in [-0.2, -0.15) is 0 Å². The minimum atomic E-state index is 0.0679. The Hall–Kier alpha value is -3.94. The van der Waals surface area contributed by atoms with Crippen LogP contribution in [0.2, 0.25) is 0 Å². The fourth-order valence-corrected chi connectivity index (χ4v) is 4.38. The molecule has 6 rings (SSSR count). The average Bonchev–Trinajstić information content (AvgIpc) is 3.58. The van der Waals surface area contributed by atoms with Crippen LogP contribution < -0.4 is 10.1 Å². The highest BCUT2D eigenvalue weighted by molar-refractivity contribution is 5.80. The van der Waals surface area contributed by atoms with Gasteiger partial charge in [0, 0.05) is 35.6 Å². The molecule has 0 fully saturated rings. The van der Waals surface area contributed by atoms with Crippen molar-refractivity contribution in [2.24, 2.45) is 0 Å². The summed E-state index contributed by atoms with van der Waals surface area (Å²) in [5.41, 5.74) is 8.04. The van der Waals surface area contributed by atoms with Crippen LogP contribution in [0.25, 0.3) is 22.2 Å². The second kappa shape index (κ2) is 12.1. The van der Waals surface area contributed by atoms with E-state index in [-0.39, 0.29) is 16.2 Å². The van der Waals surface area contributed by atoms with Gasteiger partial charge in [0.15, 0.2) is 17.2 Å². The highest BCUT2D eigenvalue weighted by Gasteiger charge is 2.19. The van der Waals surface area contributed by atoms with Gasteiger partial charge in [0.2, 0.25) is 0 Å². The van der Waals surface area contributed by atoms with E-state index in [9.17, 15) is 0 Å². The molecule has 0 aliphatic carbocycles. The summed E-state index contributed by atoms with van der Waals surface area (Å²) in [6.45, 7) is 23.3. The van der Waals surface area contributed by atoms with Crippen LogP contribution in [0.1, 0.15) is 91.6 Å². The molecule has 0 aromatic carbocycles. The molecule has 42 heavy (non-hydrogen) atoms. The highest BCUT2D eigenvalue weighted by atomic mass is 16.5. The molecule has 0 unspecified atom stereocenters. The van der Waals surface area contributed by atoms with Crippen molar-refractivity contribution < 1.29 is 4.74 Å². The number of H-pyrrole nitrogens is 2. The first kappa shape index (κ1) is 31.0. The second-order valence-corrected chi connectivity index (χ2v) is 13.9. The Balaban J connectivity index is 0.000000145. The first-order valence-corrected chi connectivity index (χ1v) is 14.8. The Morgan fingerprint density at radius 2 is 1.45 bits per heavy atom.